The molecule has 0 bridgehead atoms. The quantitative estimate of drug-likeness (QED) is 0.444. The van der Waals surface area contributed by atoms with Crippen molar-refractivity contribution in [3.8, 4) is 5.75 Å². The zero-order valence-corrected chi connectivity index (χ0v) is 15.3. The van der Waals surface area contributed by atoms with Gasteiger partial charge in [-0.15, -0.1) is 0 Å². The Morgan fingerprint density at radius 3 is 2.54 bits per heavy atom. The molecule has 0 radical (unpaired) electrons. The number of methoxy groups -OCH3 is 1. The fourth-order valence-electron chi connectivity index (χ4n) is 2.50. The molecule has 0 spiro atoms. The van der Waals surface area contributed by atoms with E-state index in [4.69, 9.17) is 9.57 Å². The summed E-state index contributed by atoms with van der Waals surface area (Å²) in [6.45, 7) is 0.358. The molecule has 0 saturated heterocycles. The smallest absolute Gasteiger partial charge is 0.230 e. The Kier molecular flexibility index (Phi) is 7.43. The van der Waals surface area contributed by atoms with Gasteiger partial charge in [0.15, 0.2) is 17.5 Å². The number of benzene rings is 2. The van der Waals surface area contributed by atoms with E-state index in [0.717, 1.165) is 24.5 Å². The van der Waals surface area contributed by atoms with Crippen LogP contribution in [-0.4, -0.2) is 25.5 Å². The minimum Gasteiger partial charge on any atom is -0.496 e. The molecule has 1 aliphatic rings. The first-order chi connectivity index (χ1) is 13.1. The first-order valence-electron chi connectivity index (χ1n) is 8.64. The number of halogens is 3. The molecule has 28 heavy (non-hydrogen) atoms. The molecule has 5 nitrogen and oxygen atoms in total. The summed E-state index contributed by atoms with van der Waals surface area (Å²) in [4.78, 5) is 17.6. The normalized spacial score (nSPS) is 13.5. The van der Waals surface area contributed by atoms with Gasteiger partial charge in [-0.2, -0.15) is 0 Å². The van der Waals surface area contributed by atoms with E-state index in [-0.39, 0.29) is 28.3 Å². The third kappa shape index (κ3) is 5.48. The van der Waals surface area contributed by atoms with Crippen molar-refractivity contribution < 1.29 is 27.9 Å². The van der Waals surface area contributed by atoms with Crippen molar-refractivity contribution in [1.82, 2.24) is 5.32 Å². The van der Waals surface area contributed by atoms with Crippen LogP contribution < -0.4 is 10.1 Å². The summed E-state index contributed by atoms with van der Waals surface area (Å²) in [6.07, 6.45) is 2.15. The van der Waals surface area contributed by atoms with Crippen LogP contribution in [0.1, 0.15) is 24.0 Å². The lowest BCUT2D eigenvalue weighted by atomic mass is 10.1. The van der Waals surface area contributed by atoms with Crippen LogP contribution in [0.4, 0.5) is 13.5 Å². The number of amides is 1. The van der Waals surface area contributed by atoms with E-state index < -0.39 is 17.5 Å². The lowest BCUT2D eigenvalue weighted by Gasteiger charge is -2.14. The van der Waals surface area contributed by atoms with E-state index in [2.05, 4.69) is 10.5 Å². The molecule has 0 aromatic heterocycles. The minimum atomic E-state index is -1.16. The van der Waals surface area contributed by atoms with Gasteiger partial charge in [0.25, 0.3) is 0 Å². The summed E-state index contributed by atoms with van der Waals surface area (Å²) in [5, 5.41) is 6.38. The first kappa shape index (κ1) is 21.3. The van der Waals surface area contributed by atoms with Gasteiger partial charge in [0.1, 0.15) is 17.9 Å². The monoisotopic (exact) mass is 394 g/mol. The third-order valence-electron chi connectivity index (χ3n) is 4.14. The first-order valence-corrected chi connectivity index (χ1v) is 8.64. The molecule has 0 aliphatic heterocycles. The van der Waals surface area contributed by atoms with Crippen LogP contribution >= 0.6 is 0 Å². The van der Waals surface area contributed by atoms with Crippen molar-refractivity contribution >= 4 is 11.7 Å². The Hall–Kier alpha value is -3.03. The van der Waals surface area contributed by atoms with E-state index in [1.807, 2.05) is 18.2 Å². The largest absolute Gasteiger partial charge is 0.496 e. The molecule has 0 unspecified atom stereocenters. The predicted octanol–water partition coefficient (Wildman–Crippen LogP) is 3.57. The number of carbonyl (C=O) groups is 1. The van der Waals surface area contributed by atoms with Crippen LogP contribution in [0.15, 0.2) is 47.6 Å². The Morgan fingerprint density at radius 2 is 1.89 bits per heavy atom. The van der Waals surface area contributed by atoms with E-state index in [1.165, 1.54) is 13.2 Å². The molecular weight excluding hydrogens is 373 g/mol. The highest BCUT2D eigenvalue weighted by molar-refractivity contribution is 6.09. The number of ether oxygens (including phenoxy) is 1. The lowest BCUT2D eigenvalue weighted by molar-refractivity contribution is -0.119. The molecular formula is C20H21F3N2O3. The minimum absolute atomic E-state index is 0. The van der Waals surface area contributed by atoms with Crippen molar-refractivity contribution in [2.75, 3.05) is 13.7 Å². The number of amidine groups is 1. The van der Waals surface area contributed by atoms with Crippen LogP contribution in [0.2, 0.25) is 0 Å². The fourth-order valence-corrected chi connectivity index (χ4v) is 2.50. The molecule has 3 rings (SSSR count). The van der Waals surface area contributed by atoms with Gasteiger partial charge in [0.05, 0.1) is 13.5 Å². The molecule has 1 N–H and O–H groups in total. The van der Waals surface area contributed by atoms with Crippen LogP contribution in [0.3, 0.4) is 0 Å². The average Bonchev–Trinajstić information content (AvgIpc) is 3.48. The van der Waals surface area contributed by atoms with E-state index >= 15 is 0 Å². The van der Waals surface area contributed by atoms with Gasteiger partial charge < -0.3 is 14.9 Å². The van der Waals surface area contributed by atoms with Crippen molar-refractivity contribution in [2.24, 2.45) is 11.1 Å². The second-order valence-electron chi connectivity index (χ2n) is 6.33. The lowest BCUT2D eigenvalue weighted by Crippen LogP contribution is -2.34. The molecule has 2 aromatic carbocycles. The highest BCUT2D eigenvalue weighted by Crippen LogP contribution is 2.29. The Balaban J connectivity index is 0.00000280. The number of hydrogen-bond donors (Lipinski definition) is 1. The van der Waals surface area contributed by atoms with Crippen LogP contribution in [0.25, 0.3) is 0 Å². The molecule has 1 amide bonds. The number of hydrogen-bond acceptors (Lipinski definition) is 4. The van der Waals surface area contributed by atoms with Crippen molar-refractivity contribution in [1.29, 1.82) is 0 Å². The molecule has 2 aromatic rings. The highest BCUT2D eigenvalue weighted by atomic mass is 19.2. The maximum absolute atomic E-state index is 14.4. The number of nitrogens with zero attached hydrogens (tertiary/aromatic N) is 1. The fraction of sp³-hybridized carbons (Fsp3) is 0.300. The third-order valence-corrected chi connectivity index (χ3v) is 4.14. The molecule has 1 saturated carbocycles. The SMILES string of the molecule is COc1ccc(F)c(F)c1/C(=N/OCC1CC1)NC(=O)Cc1ccccc1.F. The van der Waals surface area contributed by atoms with Gasteiger partial charge in [0.2, 0.25) is 5.91 Å². The van der Waals surface area contributed by atoms with Crippen LogP contribution in [-0.2, 0) is 16.1 Å². The van der Waals surface area contributed by atoms with Gasteiger partial charge >= 0.3 is 0 Å². The second-order valence-corrected chi connectivity index (χ2v) is 6.33. The van der Waals surface area contributed by atoms with E-state index in [0.29, 0.717) is 12.5 Å². The summed E-state index contributed by atoms with van der Waals surface area (Å²) < 4.78 is 33.3. The molecule has 0 atom stereocenters. The van der Waals surface area contributed by atoms with Gasteiger partial charge in [-0.1, -0.05) is 35.5 Å². The molecule has 1 fully saturated rings. The van der Waals surface area contributed by atoms with Crippen molar-refractivity contribution in [2.45, 2.75) is 19.3 Å². The maximum Gasteiger partial charge on any atom is 0.230 e. The molecule has 0 heterocycles. The van der Waals surface area contributed by atoms with Gasteiger partial charge in [-0.3, -0.25) is 9.50 Å². The Labute approximate surface area is 160 Å². The van der Waals surface area contributed by atoms with Crippen molar-refractivity contribution in [3.05, 3.63) is 65.2 Å². The molecule has 8 heteroatoms. The zero-order valence-electron chi connectivity index (χ0n) is 15.3. The summed E-state index contributed by atoms with van der Waals surface area (Å²) in [6, 6.07) is 11.3. The van der Waals surface area contributed by atoms with E-state index in [9.17, 15) is 13.6 Å². The summed E-state index contributed by atoms with van der Waals surface area (Å²) >= 11 is 0. The second kappa shape index (κ2) is 9.77. The molecule has 150 valence electrons. The topological polar surface area (TPSA) is 59.9 Å². The molecule has 1 aliphatic carbocycles. The van der Waals surface area contributed by atoms with Crippen molar-refractivity contribution in [3.63, 3.8) is 0 Å². The van der Waals surface area contributed by atoms with Crippen LogP contribution in [0, 0.1) is 17.6 Å². The van der Waals surface area contributed by atoms with Gasteiger partial charge in [-0.25, -0.2) is 8.78 Å². The summed E-state index contributed by atoms with van der Waals surface area (Å²) in [5.74, 6) is -2.43. The van der Waals surface area contributed by atoms with Gasteiger partial charge in [-0.05, 0) is 36.5 Å². The Morgan fingerprint density at radius 1 is 1.18 bits per heavy atom. The summed E-state index contributed by atoms with van der Waals surface area (Å²) in [7, 11) is 1.32. The number of oxime groups is 1. The standard InChI is InChI=1S/C20H20F2N2O3.FH/c1-26-16-10-9-15(21)19(22)18(16)20(24-27-12-14-7-8-14)23-17(25)11-13-5-3-2-4-6-13;/h2-6,9-10,14H,7-8,11-12H2,1H3,(H,23,24,25);1H. The maximum atomic E-state index is 14.4. The van der Waals surface area contributed by atoms with Gasteiger partial charge in [0, 0.05) is 0 Å². The van der Waals surface area contributed by atoms with E-state index in [1.54, 1.807) is 12.1 Å². The summed E-state index contributed by atoms with van der Waals surface area (Å²) in [5.41, 5.74) is 0.495. The highest BCUT2D eigenvalue weighted by Gasteiger charge is 2.24. The predicted molar refractivity (Wildman–Crippen MR) is 98.9 cm³/mol. The Bertz CT molecular complexity index is 840. The zero-order chi connectivity index (χ0) is 19.2. The average molecular weight is 394 g/mol. The number of nitrogens with one attached hydrogen (secondary N) is 1. The number of rotatable bonds is 7. The van der Waals surface area contributed by atoms with Crippen LogP contribution in [0.5, 0.6) is 5.75 Å². The number of carbonyl (C=O) groups excluding carboxylic acids is 1.